The second-order valence-electron chi connectivity index (χ2n) is 7.26. The Morgan fingerprint density at radius 3 is 1.96 bits per heavy atom. The highest BCUT2D eigenvalue weighted by atomic mass is 16.5. The molecule has 6 atom stereocenters. The minimum Gasteiger partial charge on any atom is -0.390 e. The van der Waals surface area contributed by atoms with Crippen LogP contribution in [-0.4, -0.2) is 45.3 Å². The predicted octanol–water partition coefficient (Wildman–Crippen LogP) is 1.64. The first-order valence-corrected chi connectivity index (χ1v) is 8.99. The fraction of sp³-hybridized carbons (Fsp3) is 0.429. The molecule has 5 unspecified atom stereocenters. The molecule has 2 aromatic carbocycles. The molecule has 0 aromatic heterocycles. The Morgan fingerprint density at radius 2 is 1.38 bits per heavy atom. The Morgan fingerprint density at radius 1 is 0.846 bits per heavy atom. The van der Waals surface area contributed by atoms with Gasteiger partial charge in [-0.05, 0) is 11.1 Å². The summed E-state index contributed by atoms with van der Waals surface area (Å²) < 4.78 is 11.8. The monoisotopic (exact) mass is 356 g/mol. The summed E-state index contributed by atoms with van der Waals surface area (Å²) in [4.78, 5) is 0. The van der Waals surface area contributed by atoms with Crippen molar-refractivity contribution in [1.29, 1.82) is 0 Å². The van der Waals surface area contributed by atoms with Gasteiger partial charge in [0.25, 0.3) is 0 Å². The number of hydrogen-bond donors (Lipinski definition) is 3. The van der Waals surface area contributed by atoms with Gasteiger partial charge in [-0.1, -0.05) is 60.7 Å². The predicted molar refractivity (Wildman–Crippen MR) is 95.1 cm³/mol. The largest absolute Gasteiger partial charge is 0.390 e. The molecule has 0 bridgehead atoms. The van der Waals surface area contributed by atoms with E-state index in [2.05, 4.69) is 0 Å². The van der Waals surface area contributed by atoms with Gasteiger partial charge in [-0.25, -0.2) is 0 Å². The maximum Gasteiger partial charge on any atom is 0.107 e. The molecule has 2 aliphatic carbocycles. The van der Waals surface area contributed by atoms with Crippen molar-refractivity contribution < 1.29 is 24.8 Å². The van der Waals surface area contributed by atoms with E-state index in [-0.39, 0.29) is 12.3 Å². The molecule has 2 fully saturated rings. The van der Waals surface area contributed by atoms with Crippen LogP contribution in [0.2, 0.25) is 0 Å². The first-order valence-electron chi connectivity index (χ1n) is 8.99. The summed E-state index contributed by atoms with van der Waals surface area (Å²) in [7, 11) is 0. The summed E-state index contributed by atoms with van der Waals surface area (Å²) in [6, 6.07) is 19.4. The van der Waals surface area contributed by atoms with Crippen molar-refractivity contribution in [3.8, 4) is 0 Å². The van der Waals surface area contributed by atoms with Crippen molar-refractivity contribution >= 4 is 0 Å². The summed E-state index contributed by atoms with van der Waals surface area (Å²) in [6.07, 6.45) is -3.07. The summed E-state index contributed by atoms with van der Waals surface area (Å²) in [5, 5.41) is 31.4. The first-order chi connectivity index (χ1) is 12.6. The lowest BCUT2D eigenvalue weighted by molar-refractivity contribution is -0.147. The molecule has 4 rings (SSSR count). The Kier molecular flexibility index (Phi) is 4.82. The highest BCUT2D eigenvalue weighted by Gasteiger charge is 2.73. The Bertz CT molecular complexity index is 722. The smallest absolute Gasteiger partial charge is 0.107 e. The van der Waals surface area contributed by atoms with Crippen molar-refractivity contribution in [2.45, 2.75) is 49.7 Å². The first kappa shape index (κ1) is 17.6. The molecule has 0 heterocycles. The van der Waals surface area contributed by atoms with Gasteiger partial charge >= 0.3 is 0 Å². The SMILES string of the molecule is OC1C(OCc2ccccc2)C2C(OCc3ccccc3)C2(O)C[C@H]1O. The molecule has 138 valence electrons. The molecule has 0 amide bonds. The normalized spacial score (nSPS) is 35.7. The third-order valence-electron chi connectivity index (χ3n) is 5.47. The van der Waals surface area contributed by atoms with Gasteiger partial charge < -0.3 is 24.8 Å². The van der Waals surface area contributed by atoms with E-state index in [0.29, 0.717) is 13.2 Å². The highest BCUT2D eigenvalue weighted by Crippen LogP contribution is 2.56. The minimum atomic E-state index is -1.14. The zero-order chi connectivity index (χ0) is 18.1. The minimum absolute atomic E-state index is 0.101. The summed E-state index contributed by atoms with van der Waals surface area (Å²) in [6.45, 7) is 0.690. The lowest BCUT2D eigenvalue weighted by atomic mass is 9.90. The third-order valence-corrected chi connectivity index (χ3v) is 5.47. The molecule has 0 radical (unpaired) electrons. The lowest BCUT2D eigenvalue weighted by Crippen LogP contribution is -2.48. The van der Waals surface area contributed by atoms with Crippen molar-refractivity contribution in [2.24, 2.45) is 5.92 Å². The molecule has 5 heteroatoms. The van der Waals surface area contributed by atoms with Crippen LogP contribution < -0.4 is 0 Å². The van der Waals surface area contributed by atoms with Crippen molar-refractivity contribution in [1.82, 2.24) is 0 Å². The second kappa shape index (κ2) is 7.10. The molecule has 2 aromatic rings. The molecular weight excluding hydrogens is 332 g/mol. The van der Waals surface area contributed by atoms with E-state index in [1.54, 1.807) is 0 Å². The van der Waals surface area contributed by atoms with Gasteiger partial charge in [0.15, 0.2) is 0 Å². The fourth-order valence-corrected chi connectivity index (χ4v) is 3.99. The quantitative estimate of drug-likeness (QED) is 0.733. The number of aliphatic hydroxyl groups excluding tert-OH is 2. The lowest BCUT2D eigenvalue weighted by Gasteiger charge is -2.33. The zero-order valence-electron chi connectivity index (χ0n) is 14.4. The van der Waals surface area contributed by atoms with Crippen LogP contribution in [0.3, 0.4) is 0 Å². The molecule has 0 saturated heterocycles. The van der Waals surface area contributed by atoms with Crippen LogP contribution in [0, 0.1) is 5.92 Å². The van der Waals surface area contributed by atoms with Crippen molar-refractivity contribution in [3.05, 3.63) is 71.8 Å². The highest BCUT2D eigenvalue weighted by molar-refractivity contribution is 5.24. The Hall–Kier alpha value is -1.76. The van der Waals surface area contributed by atoms with Gasteiger partial charge in [-0.3, -0.25) is 0 Å². The molecule has 0 spiro atoms. The number of fused-ring (bicyclic) bond motifs is 1. The number of benzene rings is 2. The van der Waals surface area contributed by atoms with Crippen LogP contribution in [0.15, 0.2) is 60.7 Å². The van der Waals surface area contributed by atoms with Gasteiger partial charge in [-0.2, -0.15) is 0 Å². The standard InChI is InChI=1S/C21H24O5/c22-16-11-21(24)17(20(21)26-13-15-9-5-2-6-10-15)19(18(16)23)25-12-14-7-3-1-4-8-14/h1-10,16-20,22-24H,11-13H2/t16-,17?,18?,19?,20?,21?/m1/s1. The topological polar surface area (TPSA) is 79.2 Å². The van der Waals surface area contributed by atoms with E-state index < -0.39 is 30.0 Å². The number of hydrogen-bond acceptors (Lipinski definition) is 5. The van der Waals surface area contributed by atoms with E-state index in [1.165, 1.54) is 0 Å². The maximum atomic E-state index is 10.9. The van der Waals surface area contributed by atoms with Gasteiger partial charge in [-0.15, -0.1) is 0 Å². The van der Waals surface area contributed by atoms with Gasteiger partial charge in [0, 0.05) is 12.3 Å². The average molecular weight is 356 g/mol. The fourth-order valence-electron chi connectivity index (χ4n) is 3.99. The van der Waals surface area contributed by atoms with Crippen LogP contribution in [0.5, 0.6) is 0 Å². The summed E-state index contributed by atoms with van der Waals surface area (Å²) in [5.74, 6) is -0.340. The molecule has 0 aliphatic heterocycles. The number of aliphatic hydroxyl groups is 3. The average Bonchev–Trinajstić information content (AvgIpc) is 3.25. The molecule has 2 saturated carbocycles. The van der Waals surface area contributed by atoms with Gasteiger partial charge in [0.1, 0.15) is 11.7 Å². The molecule has 3 N–H and O–H groups in total. The maximum absolute atomic E-state index is 10.9. The van der Waals surface area contributed by atoms with Crippen LogP contribution in [0.25, 0.3) is 0 Å². The Balaban J connectivity index is 1.43. The van der Waals surface area contributed by atoms with E-state index in [4.69, 9.17) is 9.47 Å². The summed E-state index contributed by atoms with van der Waals surface area (Å²) in [5.41, 5.74) is 0.850. The molecule has 2 aliphatic rings. The van der Waals surface area contributed by atoms with Crippen molar-refractivity contribution in [3.63, 3.8) is 0 Å². The number of rotatable bonds is 6. The van der Waals surface area contributed by atoms with Crippen LogP contribution in [-0.2, 0) is 22.7 Å². The van der Waals surface area contributed by atoms with E-state index in [0.717, 1.165) is 11.1 Å². The molecular formula is C21H24O5. The van der Waals surface area contributed by atoms with Crippen LogP contribution >= 0.6 is 0 Å². The van der Waals surface area contributed by atoms with Crippen molar-refractivity contribution in [2.75, 3.05) is 0 Å². The van der Waals surface area contributed by atoms with Crippen LogP contribution in [0.4, 0.5) is 0 Å². The zero-order valence-corrected chi connectivity index (χ0v) is 14.4. The third kappa shape index (κ3) is 3.29. The van der Waals surface area contributed by atoms with Crippen LogP contribution in [0.1, 0.15) is 17.5 Å². The van der Waals surface area contributed by atoms with E-state index in [9.17, 15) is 15.3 Å². The summed E-state index contributed by atoms with van der Waals surface area (Å²) >= 11 is 0. The molecule has 5 nitrogen and oxygen atoms in total. The van der Waals surface area contributed by atoms with E-state index >= 15 is 0 Å². The Labute approximate surface area is 152 Å². The second-order valence-corrected chi connectivity index (χ2v) is 7.26. The van der Waals surface area contributed by atoms with Gasteiger partial charge in [0.05, 0.1) is 31.5 Å². The van der Waals surface area contributed by atoms with Gasteiger partial charge in [0.2, 0.25) is 0 Å². The number of ether oxygens (including phenoxy) is 2. The van der Waals surface area contributed by atoms with E-state index in [1.807, 2.05) is 60.7 Å². The molecule has 26 heavy (non-hydrogen) atoms.